The van der Waals surface area contributed by atoms with Crippen molar-refractivity contribution in [2.75, 3.05) is 18.9 Å². The molecule has 0 unspecified atom stereocenters. The highest BCUT2D eigenvalue weighted by molar-refractivity contribution is 6.42. The van der Waals surface area contributed by atoms with Crippen LogP contribution in [0.4, 0.5) is 14.5 Å². The van der Waals surface area contributed by atoms with E-state index in [1.165, 1.54) is 43.4 Å². The lowest BCUT2D eigenvalue weighted by molar-refractivity contribution is -0.116. The second-order valence-corrected chi connectivity index (χ2v) is 6.06. The first-order valence-electron chi connectivity index (χ1n) is 7.31. The quantitative estimate of drug-likeness (QED) is 0.783. The lowest BCUT2D eigenvalue weighted by Gasteiger charge is -2.17. The molecule has 0 saturated carbocycles. The van der Waals surface area contributed by atoms with Crippen LogP contribution in [-0.2, 0) is 4.79 Å². The lowest BCUT2D eigenvalue weighted by atomic mass is 10.2. The number of rotatable bonds is 6. The maximum Gasteiger partial charge on any atom is 0.387 e. The summed E-state index contributed by atoms with van der Waals surface area (Å²) in [7, 11) is 1.41. The second-order valence-electron chi connectivity index (χ2n) is 5.24. The van der Waals surface area contributed by atoms with E-state index in [-0.39, 0.29) is 22.9 Å². The van der Waals surface area contributed by atoms with Gasteiger partial charge >= 0.3 is 6.61 Å². The van der Waals surface area contributed by atoms with E-state index in [2.05, 4.69) is 10.1 Å². The average molecular weight is 403 g/mol. The van der Waals surface area contributed by atoms with E-state index in [1.54, 1.807) is 6.07 Å². The molecule has 0 heterocycles. The highest BCUT2D eigenvalue weighted by atomic mass is 35.5. The summed E-state index contributed by atoms with van der Waals surface area (Å²) in [5.74, 6) is -1.12. The van der Waals surface area contributed by atoms with Crippen LogP contribution in [0.25, 0.3) is 0 Å². The molecule has 0 aliphatic rings. The van der Waals surface area contributed by atoms with Crippen LogP contribution in [0.3, 0.4) is 0 Å². The minimum absolute atomic E-state index is 0.119. The number of carbonyl (C=O) groups is 2. The van der Waals surface area contributed by atoms with E-state index in [0.29, 0.717) is 10.7 Å². The monoisotopic (exact) mass is 402 g/mol. The van der Waals surface area contributed by atoms with Crippen molar-refractivity contribution in [3.05, 3.63) is 58.1 Å². The molecule has 0 aliphatic carbocycles. The van der Waals surface area contributed by atoms with E-state index >= 15 is 0 Å². The number of anilines is 1. The Hall–Kier alpha value is -2.38. The van der Waals surface area contributed by atoms with E-state index in [1.807, 2.05) is 0 Å². The van der Waals surface area contributed by atoms with Gasteiger partial charge in [0.25, 0.3) is 5.91 Å². The summed E-state index contributed by atoms with van der Waals surface area (Å²) >= 11 is 11.7. The van der Waals surface area contributed by atoms with Crippen LogP contribution in [0.15, 0.2) is 42.5 Å². The standard InChI is InChI=1S/C17H14Cl2F2N2O3/c1-23(9-15(24)22-11-5-6-13(18)14(19)8-11)16(25)10-3-2-4-12(7-10)26-17(20)21/h2-8,17H,9H2,1H3,(H,22,24). The number of carbonyl (C=O) groups excluding carboxylic acids is 2. The third kappa shape index (κ3) is 5.57. The molecule has 2 aromatic carbocycles. The van der Waals surface area contributed by atoms with Crippen LogP contribution in [0, 0.1) is 0 Å². The van der Waals surface area contributed by atoms with Crippen molar-refractivity contribution in [3.8, 4) is 5.75 Å². The Morgan fingerprint density at radius 2 is 1.88 bits per heavy atom. The number of likely N-dealkylation sites (N-methyl/N-ethyl adjacent to an activating group) is 1. The minimum Gasteiger partial charge on any atom is -0.435 e. The molecule has 138 valence electrons. The van der Waals surface area contributed by atoms with Crippen LogP contribution in [0.1, 0.15) is 10.4 Å². The van der Waals surface area contributed by atoms with Gasteiger partial charge in [0.2, 0.25) is 5.91 Å². The van der Waals surface area contributed by atoms with Gasteiger partial charge in [-0.2, -0.15) is 8.78 Å². The van der Waals surface area contributed by atoms with E-state index in [4.69, 9.17) is 23.2 Å². The first-order chi connectivity index (χ1) is 12.3. The smallest absolute Gasteiger partial charge is 0.387 e. The summed E-state index contributed by atoms with van der Waals surface area (Å²) < 4.78 is 28.8. The molecule has 0 spiro atoms. The zero-order valence-corrected chi connectivity index (χ0v) is 15.0. The second kappa shape index (κ2) is 8.82. The fraction of sp³-hybridized carbons (Fsp3) is 0.176. The van der Waals surface area contributed by atoms with Crippen molar-refractivity contribution >= 4 is 40.7 Å². The number of nitrogens with one attached hydrogen (secondary N) is 1. The van der Waals surface area contributed by atoms with Gasteiger partial charge in [-0.25, -0.2) is 0 Å². The molecule has 26 heavy (non-hydrogen) atoms. The number of nitrogens with zero attached hydrogens (tertiary/aromatic N) is 1. The molecular formula is C17H14Cl2F2N2O3. The molecule has 2 amide bonds. The molecule has 2 rings (SSSR count). The molecule has 0 atom stereocenters. The first kappa shape index (κ1) is 19.9. The zero-order valence-electron chi connectivity index (χ0n) is 13.5. The fourth-order valence-corrected chi connectivity index (χ4v) is 2.39. The number of alkyl halides is 2. The topological polar surface area (TPSA) is 58.6 Å². The van der Waals surface area contributed by atoms with Crippen molar-refractivity contribution in [2.45, 2.75) is 6.61 Å². The minimum atomic E-state index is -2.99. The molecule has 0 bridgehead atoms. The average Bonchev–Trinajstić information content (AvgIpc) is 2.57. The van der Waals surface area contributed by atoms with E-state index in [9.17, 15) is 18.4 Å². The van der Waals surface area contributed by atoms with E-state index < -0.39 is 18.4 Å². The molecule has 1 N–H and O–H groups in total. The van der Waals surface area contributed by atoms with Crippen LogP contribution in [-0.4, -0.2) is 36.9 Å². The van der Waals surface area contributed by atoms with Gasteiger partial charge in [-0.1, -0.05) is 29.3 Å². The highest BCUT2D eigenvalue weighted by Crippen LogP contribution is 2.25. The van der Waals surface area contributed by atoms with Crippen LogP contribution in [0.5, 0.6) is 5.75 Å². The largest absolute Gasteiger partial charge is 0.435 e. The van der Waals surface area contributed by atoms with Crippen molar-refractivity contribution in [1.29, 1.82) is 0 Å². The molecule has 9 heteroatoms. The Morgan fingerprint density at radius 1 is 1.15 bits per heavy atom. The molecule has 5 nitrogen and oxygen atoms in total. The number of benzene rings is 2. The summed E-state index contributed by atoms with van der Waals surface area (Å²) in [6.45, 7) is -3.24. The van der Waals surface area contributed by atoms with Gasteiger partial charge in [0.1, 0.15) is 5.75 Å². The van der Waals surface area contributed by atoms with Crippen LogP contribution in [0.2, 0.25) is 10.0 Å². The van der Waals surface area contributed by atoms with Crippen molar-refractivity contribution in [2.24, 2.45) is 0 Å². The number of halogens is 4. The van der Waals surface area contributed by atoms with Gasteiger partial charge in [0.15, 0.2) is 0 Å². The maximum absolute atomic E-state index is 12.3. The third-order valence-corrected chi connectivity index (χ3v) is 3.98. The number of hydrogen-bond acceptors (Lipinski definition) is 3. The summed E-state index contributed by atoms with van der Waals surface area (Å²) in [5.41, 5.74) is 0.547. The molecule has 0 aliphatic heterocycles. The summed E-state index contributed by atoms with van der Waals surface area (Å²) in [4.78, 5) is 25.5. The molecule has 0 saturated heterocycles. The van der Waals surface area contributed by atoms with Gasteiger partial charge in [0, 0.05) is 18.3 Å². The Balaban J connectivity index is 1.99. The fourth-order valence-electron chi connectivity index (χ4n) is 2.09. The Labute approximate surface area is 158 Å². The summed E-state index contributed by atoms with van der Waals surface area (Å²) in [6, 6.07) is 9.92. The van der Waals surface area contributed by atoms with Gasteiger partial charge in [-0.3, -0.25) is 9.59 Å². The van der Waals surface area contributed by atoms with Crippen LogP contribution < -0.4 is 10.1 Å². The number of amides is 2. The normalized spacial score (nSPS) is 10.5. The molecule has 0 aromatic heterocycles. The molecule has 0 radical (unpaired) electrons. The predicted molar refractivity (Wildman–Crippen MR) is 95.1 cm³/mol. The van der Waals surface area contributed by atoms with Crippen molar-refractivity contribution < 1.29 is 23.1 Å². The molecule has 2 aromatic rings. The Morgan fingerprint density at radius 3 is 2.54 bits per heavy atom. The maximum atomic E-state index is 12.3. The molecular weight excluding hydrogens is 389 g/mol. The zero-order chi connectivity index (χ0) is 19.3. The number of hydrogen-bond donors (Lipinski definition) is 1. The third-order valence-electron chi connectivity index (χ3n) is 3.24. The summed E-state index contributed by atoms with van der Waals surface area (Å²) in [6.07, 6.45) is 0. The highest BCUT2D eigenvalue weighted by Gasteiger charge is 2.16. The first-order valence-corrected chi connectivity index (χ1v) is 8.07. The van der Waals surface area contributed by atoms with Gasteiger partial charge in [0.05, 0.1) is 16.6 Å². The lowest BCUT2D eigenvalue weighted by Crippen LogP contribution is -2.34. The number of ether oxygens (including phenoxy) is 1. The van der Waals surface area contributed by atoms with Gasteiger partial charge in [-0.15, -0.1) is 0 Å². The Kier molecular flexibility index (Phi) is 6.76. The predicted octanol–water partition coefficient (Wildman–Crippen LogP) is 4.31. The Bertz CT molecular complexity index is 818. The van der Waals surface area contributed by atoms with Crippen LogP contribution >= 0.6 is 23.2 Å². The van der Waals surface area contributed by atoms with E-state index in [0.717, 1.165) is 4.90 Å². The SMILES string of the molecule is CN(CC(=O)Nc1ccc(Cl)c(Cl)c1)C(=O)c1cccc(OC(F)F)c1. The summed E-state index contributed by atoms with van der Waals surface area (Å²) in [5, 5.41) is 3.22. The van der Waals surface area contributed by atoms with Gasteiger partial charge < -0.3 is 15.0 Å². The molecule has 0 fully saturated rings. The van der Waals surface area contributed by atoms with Crippen molar-refractivity contribution in [3.63, 3.8) is 0 Å². The van der Waals surface area contributed by atoms with Gasteiger partial charge in [-0.05, 0) is 36.4 Å². The van der Waals surface area contributed by atoms with Crippen molar-refractivity contribution in [1.82, 2.24) is 4.90 Å².